The Morgan fingerprint density at radius 2 is 1.89 bits per heavy atom. The predicted molar refractivity (Wildman–Crippen MR) is 76.4 cm³/mol. The monoisotopic (exact) mass is 261 g/mol. The largest absolute Gasteiger partial charge is 0.481 e. The van der Waals surface area contributed by atoms with Gasteiger partial charge in [-0.25, -0.2) is 0 Å². The van der Waals surface area contributed by atoms with Gasteiger partial charge in [-0.2, -0.15) is 0 Å². The first-order valence-corrected chi connectivity index (χ1v) is 7.10. The highest BCUT2D eigenvalue weighted by Crippen LogP contribution is 2.21. The van der Waals surface area contributed by atoms with Gasteiger partial charge >= 0.3 is 0 Å². The van der Waals surface area contributed by atoms with Crippen LogP contribution in [0.15, 0.2) is 18.2 Å². The van der Waals surface area contributed by atoms with Gasteiger partial charge < -0.3 is 9.64 Å². The Labute approximate surface area is 115 Å². The molecule has 19 heavy (non-hydrogen) atoms. The van der Waals surface area contributed by atoms with Crippen LogP contribution in [-0.2, 0) is 4.79 Å². The summed E-state index contributed by atoms with van der Waals surface area (Å²) in [6, 6.07) is 6.04. The van der Waals surface area contributed by atoms with Crippen molar-refractivity contribution in [1.82, 2.24) is 4.90 Å². The minimum Gasteiger partial charge on any atom is -0.481 e. The summed E-state index contributed by atoms with van der Waals surface area (Å²) in [6.07, 6.45) is 3.06. The fourth-order valence-corrected chi connectivity index (χ4v) is 2.54. The number of amides is 1. The van der Waals surface area contributed by atoms with Crippen molar-refractivity contribution >= 4 is 5.91 Å². The van der Waals surface area contributed by atoms with E-state index < -0.39 is 6.10 Å². The van der Waals surface area contributed by atoms with Crippen molar-refractivity contribution in [3.8, 4) is 5.75 Å². The zero-order valence-electron chi connectivity index (χ0n) is 12.1. The van der Waals surface area contributed by atoms with E-state index in [0.717, 1.165) is 37.2 Å². The fraction of sp³-hybridized carbons (Fsp3) is 0.562. The third kappa shape index (κ3) is 3.49. The molecule has 2 rings (SSSR count). The van der Waals surface area contributed by atoms with Gasteiger partial charge in [-0.3, -0.25) is 4.79 Å². The summed E-state index contributed by atoms with van der Waals surface area (Å²) < 4.78 is 5.82. The highest BCUT2D eigenvalue weighted by molar-refractivity contribution is 5.81. The van der Waals surface area contributed by atoms with Gasteiger partial charge in [0.25, 0.3) is 5.91 Å². The van der Waals surface area contributed by atoms with E-state index in [-0.39, 0.29) is 5.91 Å². The van der Waals surface area contributed by atoms with Gasteiger partial charge in [0.05, 0.1) is 0 Å². The molecule has 0 saturated carbocycles. The first kappa shape index (κ1) is 13.9. The van der Waals surface area contributed by atoms with Gasteiger partial charge in [-0.05, 0) is 51.7 Å². The van der Waals surface area contributed by atoms with Crippen LogP contribution in [0.25, 0.3) is 0 Å². The van der Waals surface area contributed by atoms with Gasteiger partial charge in [-0.15, -0.1) is 0 Å². The lowest BCUT2D eigenvalue weighted by atomic mass is 10.1. The van der Waals surface area contributed by atoms with E-state index in [1.807, 2.05) is 30.9 Å². The molecule has 1 aliphatic heterocycles. The summed E-state index contributed by atoms with van der Waals surface area (Å²) in [4.78, 5) is 14.2. The van der Waals surface area contributed by atoms with Crippen LogP contribution in [-0.4, -0.2) is 30.0 Å². The van der Waals surface area contributed by atoms with E-state index >= 15 is 0 Å². The average Bonchev–Trinajstić information content (AvgIpc) is 2.42. The maximum atomic E-state index is 12.3. The number of nitrogens with zero attached hydrogens (tertiary/aromatic N) is 1. The van der Waals surface area contributed by atoms with Gasteiger partial charge in [0.2, 0.25) is 0 Å². The second-order valence-electron chi connectivity index (χ2n) is 5.41. The van der Waals surface area contributed by atoms with Crippen LogP contribution in [0.5, 0.6) is 5.75 Å². The molecule has 0 N–H and O–H groups in total. The van der Waals surface area contributed by atoms with Crippen LogP contribution < -0.4 is 4.74 Å². The van der Waals surface area contributed by atoms with Gasteiger partial charge in [0.15, 0.2) is 6.10 Å². The minimum atomic E-state index is -0.403. The standard InChI is InChI=1S/C16H23NO2/c1-12-7-8-15(13(2)11-12)19-14(3)16(18)17-9-5-4-6-10-17/h7-8,11,14H,4-6,9-10H2,1-3H3. The normalized spacial score (nSPS) is 17.1. The van der Waals surface area contributed by atoms with E-state index in [2.05, 4.69) is 13.0 Å². The molecule has 104 valence electrons. The lowest BCUT2D eigenvalue weighted by molar-refractivity contribution is -0.138. The van der Waals surface area contributed by atoms with Gasteiger partial charge in [-0.1, -0.05) is 17.7 Å². The van der Waals surface area contributed by atoms with Crippen molar-refractivity contribution in [1.29, 1.82) is 0 Å². The molecule has 3 heteroatoms. The Balaban J connectivity index is 1.99. The molecule has 0 bridgehead atoms. The van der Waals surface area contributed by atoms with Gasteiger partial charge in [0.1, 0.15) is 5.75 Å². The molecule has 1 aliphatic rings. The Morgan fingerprint density at radius 3 is 2.53 bits per heavy atom. The second-order valence-corrected chi connectivity index (χ2v) is 5.41. The summed E-state index contributed by atoms with van der Waals surface area (Å²) in [5, 5.41) is 0. The van der Waals surface area contributed by atoms with E-state index in [1.165, 1.54) is 12.0 Å². The number of carbonyl (C=O) groups is 1. The summed E-state index contributed by atoms with van der Waals surface area (Å²) in [6.45, 7) is 7.66. The molecule has 1 fully saturated rings. The maximum Gasteiger partial charge on any atom is 0.263 e. The van der Waals surface area contributed by atoms with Crippen molar-refractivity contribution in [3.63, 3.8) is 0 Å². The number of hydrogen-bond acceptors (Lipinski definition) is 2. The zero-order chi connectivity index (χ0) is 13.8. The summed E-state index contributed by atoms with van der Waals surface area (Å²) in [5.74, 6) is 0.920. The first-order valence-electron chi connectivity index (χ1n) is 7.10. The second kappa shape index (κ2) is 6.09. The first-order chi connectivity index (χ1) is 9.08. The molecular formula is C16H23NO2. The Morgan fingerprint density at radius 1 is 1.21 bits per heavy atom. The molecule has 0 aromatic heterocycles. The van der Waals surface area contributed by atoms with Crippen LogP contribution in [0.3, 0.4) is 0 Å². The number of aryl methyl sites for hydroxylation is 2. The molecule has 0 radical (unpaired) electrons. The smallest absolute Gasteiger partial charge is 0.263 e. The van der Waals surface area contributed by atoms with Crippen LogP contribution in [0.4, 0.5) is 0 Å². The number of carbonyl (C=O) groups excluding carboxylic acids is 1. The summed E-state index contributed by atoms with van der Waals surface area (Å²) in [5.41, 5.74) is 2.29. The van der Waals surface area contributed by atoms with Crippen molar-refractivity contribution in [2.45, 2.75) is 46.1 Å². The van der Waals surface area contributed by atoms with Gasteiger partial charge in [0, 0.05) is 13.1 Å². The molecule has 0 aliphatic carbocycles. The number of benzene rings is 1. The predicted octanol–water partition coefficient (Wildman–Crippen LogP) is 3.08. The highest BCUT2D eigenvalue weighted by Gasteiger charge is 2.23. The van der Waals surface area contributed by atoms with Crippen LogP contribution in [0.1, 0.15) is 37.3 Å². The SMILES string of the molecule is Cc1ccc(OC(C)C(=O)N2CCCCC2)c(C)c1. The van der Waals surface area contributed by atoms with E-state index in [9.17, 15) is 4.79 Å². The maximum absolute atomic E-state index is 12.3. The van der Waals surface area contributed by atoms with Crippen LogP contribution in [0.2, 0.25) is 0 Å². The molecule has 1 heterocycles. The molecule has 1 amide bonds. The van der Waals surface area contributed by atoms with E-state index in [0.29, 0.717) is 0 Å². The number of likely N-dealkylation sites (tertiary alicyclic amines) is 1. The number of rotatable bonds is 3. The molecular weight excluding hydrogens is 238 g/mol. The van der Waals surface area contributed by atoms with Crippen molar-refractivity contribution in [3.05, 3.63) is 29.3 Å². The number of piperidine rings is 1. The fourth-order valence-electron chi connectivity index (χ4n) is 2.54. The Hall–Kier alpha value is -1.51. The summed E-state index contributed by atoms with van der Waals surface area (Å²) >= 11 is 0. The Bertz CT molecular complexity index is 450. The topological polar surface area (TPSA) is 29.5 Å². The molecule has 1 unspecified atom stereocenters. The Kier molecular flexibility index (Phi) is 4.46. The summed E-state index contributed by atoms with van der Waals surface area (Å²) in [7, 11) is 0. The lowest BCUT2D eigenvalue weighted by Crippen LogP contribution is -2.43. The van der Waals surface area contributed by atoms with Crippen LogP contribution >= 0.6 is 0 Å². The molecule has 1 atom stereocenters. The molecule has 1 saturated heterocycles. The third-order valence-corrected chi connectivity index (χ3v) is 3.65. The number of ether oxygens (including phenoxy) is 1. The van der Waals surface area contributed by atoms with Crippen molar-refractivity contribution < 1.29 is 9.53 Å². The van der Waals surface area contributed by atoms with E-state index in [4.69, 9.17) is 4.74 Å². The quantitative estimate of drug-likeness (QED) is 0.837. The highest BCUT2D eigenvalue weighted by atomic mass is 16.5. The average molecular weight is 261 g/mol. The minimum absolute atomic E-state index is 0.111. The molecule has 1 aromatic carbocycles. The zero-order valence-corrected chi connectivity index (χ0v) is 12.1. The molecule has 1 aromatic rings. The molecule has 0 spiro atoms. The van der Waals surface area contributed by atoms with Crippen molar-refractivity contribution in [2.75, 3.05) is 13.1 Å². The van der Waals surface area contributed by atoms with Crippen molar-refractivity contribution in [2.24, 2.45) is 0 Å². The van der Waals surface area contributed by atoms with Crippen LogP contribution in [0, 0.1) is 13.8 Å². The molecule has 3 nitrogen and oxygen atoms in total. The third-order valence-electron chi connectivity index (χ3n) is 3.65. The van der Waals surface area contributed by atoms with E-state index in [1.54, 1.807) is 0 Å². The number of hydrogen-bond donors (Lipinski definition) is 0. The lowest BCUT2D eigenvalue weighted by Gasteiger charge is -2.29.